The molecule has 4 N–H and O–H groups in total. The lowest BCUT2D eigenvalue weighted by atomic mass is 10.0. The van der Waals surface area contributed by atoms with E-state index in [-0.39, 0.29) is 12.2 Å². The van der Waals surface area contributed by atoms with E-state index >= 15 is 0 Å². The number of phenols is 1. The van der Waals surface area contributed by atoms with Crippen LogP contribution >= 0.6 is 0 Å². The highest BCUT2D eigenvalue weighted by Gasteiger charge is 2.27. The number of benzene rings is 2. The van der Waals surface area contributed by atoms with E-state index in [2.05, 4.69) is 10.6 Å². The van der Waals surface area contributed by atoms with Crippen molar-refractivity contribution >= 4 is 17.8 Å². The van der Waals surface area contributed by atoms with Gasteiger partial charge >= 0.3 is 11.9 Å². The second-order valence-electron chi connectivity index (χ2n) is 7.49. The van der Waals surface area contributed by atoms with Crippen molar-refractivity contribution in [2.24, 2.45) is 0 Å². The normalized spacial score (nSPS) is 12.4. The van der Waals surface area contributed by atoms with Gasteiger partial charge in [0.2, 0.25) is 5.91 Å². The number of carboxylic acids is 1. The Kier molecular flexibility index (Phi) is 10.2. The van der Waals surface area contributed by atoms with Gasteiger partial charge in [-0.2, -0.15) is 0 Å². The third-order valence-electron chi connectivity index (χ3n) is 5.06. The van der Waals surface area contributed by atoms with Crippen LogP contribution in [-0.4, -0.2) is 60.9 Å². The van der Waals surface area contributed by atoms with Gasteiger partial charge in [-0.1, -0.05) is 36.4 Å². The summed E-state index contributed by atoms with van der Waals surface area (Å²) in [6.07, 6.45) is 1.03. The van der Waals surface area contributed by atoms with Gasteiger partial charge in [0, 0.05) is 6.42 Å². The maximum Gasteiger partial charge on any atom is 0.328 e. The molecule has 178 valence electrons. The van der Waals surface area contributed by atoms with Crippen LogP contribution < -0.4 is 15.4 Å². The summed E-state index contributed by atoms with van der Waals surface area (Å²) in [5, 5.41) is 24.5. The summed E-state index contributed by atoms with van der Waals surface area (Å²) in [6, 6.07) is 12.2. The molecule has 0 saturated carbocycles. The van der Waals surface area contributed by atoms with E-state index in [1.54, 1.807) is 18.2 Å². The third kappa shape index (κ3) is 8.46. The lowest BCUT2D eigenvalue weighted by Crippen LogP contribution is -2.52. The van der Waals surface area contributed by atoms with Gasteiger partial charge in [-0.3, -0.25) is 9.59 Å². The van der Waals surface area contributed by atoms with Gasteiger partial charge in [-0.05, 0) is 42.6 Å². The van der Waals surface area contributed by atoms with E-state index in [1.807, 2.05) is 30.3 Å². The number of esters is 1. The van der Waals surface area contributed by atoms with Crippen molar-refractivity contribution in [2.45, 2.75) is 37.8 Å². The van der Waals surface area contributed by atoms with E-state index < -0.39 is 36.4 Å². The highest BCUT2D eigenvalue weighted by Crippen LogP contribution is 2.26. The van der Waals surface area contributed by atoms with Crippen molar-refractivity contribution in [3.63, 3.8) is 0 Å². The van der Waals surface area contributed by atoms with Crippen LogP contribution in [0.5, 0.6) is 11.5 Å². The van der Waals surface area contributed by atoms with Gasteiger partial charge < -0.3 is 30.3 Å². The standard InChI is InChI=1S/C24H30N2O7/c1-32-21-14-17(10-11-20(21)27)9-6-12-25-18(15-22(28)29)23(30)26-19(24(31)33-2)13-16-7-4-3-5-8-16/h3-5,7-8,10-11,14,18-19,25,27H,6,9,12-13,15H2,1-2H3,(H,26,30)(H,28,29)/t18-,19+/m1/s1. The van der Waals surface area contributed by atoms with Gasteiger partial charge in [0.1, 0.15) is 6.04 Å². The molecule has 2 aromatic carbocycles. The van der Waals surface area contributed by atoms with Crippen molar-refractivity contribution in [3.05, 3.63) is 59.7 Å². The molecule has 0 aliphatic carbocycles. The summed E-state index contributed by atoms with van der Waals surface area (Å²) in [7, 11) is 2.70. The molecule has 9 heteroatoms. The Morgan fingerprint density at radius 3 is 2.36 bits per heavy atom. The molecule has 0 fully saturated rings. The Morgan fingerprint density at radius 2 is 1.73 bits per heavy atom. The van der Waals surface area contributed by atoms with Crippen LogP contribution in [0.25, 0.3) is 0 Å². The zero-order chi connectivity index (χ0) is 24.2. The molecule has 2 aromatic rings. The van der Waals surface area contributed by atoms with Crippen molar-refractivity contribution in [1.82, 2.24) is 10.6 Å². The molecule has 0 aliphatic heterocycles. The molecule has 0 aromatic heterocycles. The molecule has 2 rings (SSSR count). The number of aromatic hydroxyl groups is 1. The predicted octanol–water partition coefficient (Wildman–Crippen LogP) is 1.67. The zero-order valence-corrected chi connectivity index (χ0v) is 18.7. The summed E-state index contributed by atoms with van der Waals surface area (Å²) in [5.74, 6) is -1.91. The van der Waals surface area contributed by atoms with Gasteiger partial charge in [0.25, 0.3) is 0 Å². The number of hydrogen-bond acceptors (Lipinski definition) is 7. The Hall–Kier alpha value is -3.59. The Balaban J connectivity index is 1.96. The molecular weight excluding hydrogens is 428 g/mol. The average molecular weight is 459 g/mol. The van der Waals surface area contributed by atoms with Crippen LogP contribution in [0.3, 0.4) is 0 Å². The number of methoxy groups -OCH3 is 2. The number of carbonyl (C=O) groups is 3. The number of ether oxygens (including phenoxy) is 2. The highest BCUT2D eigenvalue weighted by molar-refractivity contribution is 5.90. The van der Waals surface area contributed by atoms with Gasteiger partial charge in [-0.15, -0.1) is 0 Å². The molecular formula is C24H30N2O7. The second kappa shape index (κ2) is 13.1. The minimum Gasteiger partial charge on any atom is -0.504 e. The van der Waals surface area contributed by atoms with Crippen LogP contribution in [0.1, 0.15) is 24.0 Å². The SMILES string of the molecule is COC(=O)[C@H](Cc1ccccc1)NC(=O)[C@@H](CC(=O)O)NCCCc1ccc(O)c(OC)c1. The molecule has 33 heavy (non-hydrogen) atoms. The summed E-state index contributed by atoms with van der Waals surface area (Å²) in [6.45, 7) is 0.371. The smallest absolute Gasteiger partial charge is 0.328 e. The lowest BCUT2D eigenvalue weighted by molar-refractivity contribution is -0.145. The minimum atomic E-state index is -1.14. The summed E-state index contributed by atoms with van der Waals surface area (Å²) < 4.78 is 9.89. The molecule has 0 aliphatic rings. The van der Waals surface area contributed by atoms with E-state index in [4.69, 9.17) is 9.47 Å². The number of hydrogen-bond donors (Lipinski definition) is 4. The molecule has 2 atom stereocenters. The largest absolute Gasteiger partial charge is 0.504 e. The maximum absolute atomic E-state index is 12.8. The molecule has 0 unspecified atom stereocenters. The van der Waals surface area contributed by atoms with E-state index in [9.17, 15) is 24.6 Å². The fraction of sp³-hybridized carbons (Fsp3) is 0.375. The highest BCUT2D eigenvalue weighted by atomic mass is 16.5. The number of amides is 1. The van der Waals surface area contributed by atoms with Crippen LogP contribution in [0, 0.1) is 0 Å². The molecule has 0 bridgehead atoms. The Bertz CT molecular complexity index is 934. The van der Waals surface area contributed by atoms with E-state index in [0.717, 1.165) is 11.1 Å². The first-order valence-corrected chi connectivity index (χ1v) is 10.6. The molecule has 9 nitrogen and oxygen atoms in total. The number of carboxylic acid groups (broad SMARTS) is 1. The first kappa shape index (κ1) is 25.7. The van der Waals surface area contributed by atoms with E-state index in [0.29, 0.717) is 25.1 Å². The predicted molar refractivity (Wildman–Crippen MR) is 121 cm³/mol. The number of nitrogens with one attached hydrogen (secondary N) is 2. The number of aliphatic carboxylic acids is 1. The number of carbonyl (C=O) groups excluding carboxylic acids is 2. The summed E-state index contributed by atoms with van der Waals surface area (Å²) in [5.41, 5.74) is 1.76. The quantitative estimate of drug-likeness (QED) is 0.263. The molecule has 0 heterocycles. The fourth-order valence-electron chi connectivity index (χ4n) is 3.34. The minimum absolute atomic E-state index is 0.0493. The van der Waals surface area contributed by atoms with Crippen LogP contribution in [0.2, 0.25) is 0 Å². The topological polar surface area (TPSA) is 134 Å². The monoisotopic (exact) mass is 458 g/mol. The Morgan fingerprint density at radius 1 is 1.00 bits per heavy atom. The second-order valence-corrected chi connectivity index (χ2v) is 7.49. The molecule has 0 spiro atoms. The fourth-order valence-corrected chi connectivity index (χ4v) is 3.34. The number of aryl methyl sites for hydroxylation is 1. The zero-order valence-electron chi connectivity index (χ0n) is 18.7. The average Bonchev–Trinajstić information content (AvgIpc) is 2.81. The molecule has 1 amide bonds. The van der Waals surface area contributed by atoms with Gasteiger partial charge in [-0.25, -0.2) is 4.79 Å². The maximum atomic E-state index is 12.8. The lowest BCUT2D eigenvalue weighted by Gasteiger charge is -2.21. The number of rotatable bonds is 13. The Labute approximate surface area is 192 Å². The van der Waals surface area contributed by atoms with Crippen LogP contribution in [-0.2, 0) is 32.0 Å². The number of phenolic OH excluding ortho intramolecular Hbond substituents is 1. The first-order valence-electron chi connectivity index (χ1n) is 10.6. The summed E-state index contributed by atoms with van der Waals surface area (Å²) >= 11 is 0. The van der Waals surface area contributed by atoms with Crippen molar-refractivity contribution in [2.75, 3.05) is 20.8 Å². The van der Waals surface area contributed by atoms with Crippen molar-refractivity contribution in [3.8, 4) is 11.5 Å². The molecule has 0 saturated heterocycles. The third-order valence-corrected chi connectivity index (χ3v) is 5.06. The van der Waals surface area contributed by atoms with Crippen molar-refractivity contribution < 1.29 is 34.1 Å². The first-order chi connectivity index (χ1) is 15.8. The summed E-state index contributed by atoms with van der Waals surface area (Å²) in [4.78, 5) is 36.3. The van der Waals surface area contributed by atoms with Gasteiger partial charge in [0.15, 0.2) is 11.5 Å². The molecule has 0 radical (unpaired) electrons. The van der Waals surface area contributed by atoms with Crippen molar-refractivity contribution in [1.29, 1.82) is 0 Å². The van der Waals surface area contributed by atoms with Crippen LogP contribution in [0.15, 0.2) is 48.5 Å². The van der Waals surface area contributed by atoms with E-state index in [1.165, 1.54) is 14.2 Å². The van der Waals surface area contributed by atoms with Crippen LogP contribution in [0.4, 0.5) is 0 Å². The van der Waals surface area contributed by atoms with Gasteiger partial charge in [0.05, 0.1) is 26.7 Å².